The number of carbonyl (C=O) groups is 3. The van der Waals surface area contributed by atoms with E-state index in [1.54, 1.807) is 37.8 Å². The van der Waals surface area contributed by atoms with Crippen molar-refractivity contribution in [3.05, 3.63) is 58.2 Å². The van der Waals surface area contributed by atoms with Crippen LogP contribution in [-0.4, -0.2) is 47.4 Å². The highest BCUT2D eigenvalue weighted by Crippen LogP contribution is 2.27. The zero-order valence-electron chi connectivity index (χ0n) is 19.7. The summed E-state index contributed by atoms with van der Waals surface area (Å²) in [6.07, 6.45) is 1.42. The molecule has 1 aliphatic heterocycles. The van der Waals surface area contributed by atoms with Gasteiger partial charge in [0.15, 0.2) is 0 Å². The Bertz CT molecular complexity index is 1020. The summed E-state index contributed by atoms with van der Waals surface area (Å²) in [6, 6.07) is 6.18. The van der Waals surface area contributed by atoms with E-state index in [1.807, 2.05) is 6.92 Å². The van der Waals surface area contributed by atoms with Crippen molar-refractivity contribution < 1.29 is 23.5 Å². The van der Waals surface area contributed by atoms with Gasteiger partial charge < -0.3 is 19.9 Å². The lowest BCUT2D eigenvalue weighted by Gasteiger charge is -2.34. The van der Waals surface area contributed by atoms with Gasteiger partial charge >= 0.3 is 5.97 Å². The molecule has 1 saturated heterocycles. The molecule has 2 heterocycles. The van der Waals surface area contributed by atoms with Crippen LogP contribution >= 0.6 is 0 Å². The van der Waals surface area contributed by atoms with Gasteiger partial charge in [-0.05, 0) is 62.8 Å². The number of piperidine rings is 1. The first-order chi connectivity index (χ1) is 15.7. The number of H-pyrrole nitrogens is 1. The molecule has 2 amide bonds. The maximum absolute atomic E-state index is 13.3. The van der Waals surface area contributed by atoms with E-state index in [-0.39, 0.29) is 42.6 Å². The number of aromatic amines is 1. The number of ether oxygens (including phenoxy) is 1. The smallest absolute Gasteiger partial charge is 0.340 e. The molecule has 8 heteroatoms. The first-order valence-corrected chi connectivity index (χ1v) is 11.4. The van der Waals surface area contributed by atoms with Crippen LogP contribution in [0.1, 0.15) is 64.4 Å². The third-order valence-corrected chi connectivity index (χ3v) is 6.43. The van der Waals surface area contributed by atoms with Gasteiger partial charge in [-0.3, -0.25) is 9.59 Å². The lowest BCUT2D eigenvalue weighted by atomic mass is 9.84. The zero-order chi connectivity index (χ0) is 24.1. The summed E-state index contributed by atoms with van der Waals surface area (Å²) in [5.74, 6) is -1.02. The summed E-state index contributed by atoms with van der Waals surface area (Å²) in [6.45, 7) is 8.78. The summed E-state index contributed by atoms with van der Waals surface area (Å²) in [4.78, 5) is 42.7. The molecule has 33 heavy (non-hydrogen) atoms. The highest BCUT2D eigenvalue weighted by Gasteiger charge is 2.32. The molecule has 0 bridgehead atoms. The van der Waals surface area contributed by atoms with Gasteiger partial charge in [0.2, 0.25) is 5.91 Å². The minimum atomic E-state index is -0.431. The molecule has 0 aliphatic carbocycles. The number of amides is 2. The topological polar surface area (TPSA) is 91.5 Å². The number of carbonyl (C=O) groups excluding carboxylic acids is 3. The summed E-state index contributed by atoms with van der Waals surface area (Å²) in [7, 11) is 0. The number of nitrogens with one attached hydrogen (secondary N) is 2. The van der Waals surface area contributed by atoms with Crippen molar-refractivity contribution in [2.24, 2.45) is 11.8 Å². The van der Waals surface area contributed by atoms with E-state index in [1.165, 1.54) is 12.1 Å². The Labute approximate surface area is 193 Å². The Morgan fingerprint density at radius 3 is 2.58 bits per heavy atom. The Morgan fingerprint density at radius 1 is 1.24 bits per heavy atom. The van der Waals surface area contributed by atoms with Gasteiger partial charge in [0.25, 0.3) is 5.91 Å². The first kappa shape index (κ1) is 24.5. The molecule has 0 unspecified atom stereocenters. The van der Waals surface area contributed by atoms with Gasteiger partial charge in [-0.1, -0.05) is 19.1 Å². The molecule has 0 radical (unpaired) electrons. The fourth-order valence-electron chi connectivity index (χ4n) is 4.45. The quantitative estimate of drug-likeness (QED) is 0.620. The molecule has 3 rings (SSSR count). The van der Waals surface area contributed by atoms with Crippen molar-refractivity contribution >= 4 is 17.8 Å². The van der Waals surface area contributed by atoms with Crippen molar-refractivity contribution in [2.45, 2.75) is 47.1 Å². The average molecular weight is 458 g/mol. The maximum atomic E-state index is 13.3. The SMILES string of the molecule is CCOC(=O)c1c(C)[nH]c(C(=O)N2CCC([C@H](C)C(=O)NCc3cccc(F)c3)CC2)c1C. The van der Waals surface area contributed by atoms with Crippen molar-refractivity contribution in [3.8, 4) is 0 Å². The van der Waals surface area contributed by atoms with Crippen molar-refractivity contribution in [1.29, 1.82) is 0 Å². The van der Waals surface area contributed by atoms with Crippen LogP contribution in [0, 0.1) is 31.5 Å². The zero-order valence-corrected chi connectivity index (χ0v) is 19.7. The summed E-state index contributed by atoms with van der Waals surface area (Å²) in [5, 5.41) is 2.89. The van der Waals surface area contributed by atoms with Gasteiger partial charge in [0.1, 0.15) is 11.5 Å². The van der Waals surface area contributed by atoms with Crippen LogP contribution in [0.15, 0.2) is 24.3 Å². The van der Waals surface area contributed by atoms with Gasteiger partial charge in [0.05, 0.1) is 12.2 Å². The van der Waals surface area contributed by atoms with E-state index in [0.29, 0.717) is 48.4 Å². The predicted octanol–water partition coefficient (Wildman–Crippen LogP) is 3.75. The van der Waals surface area contributed by atoms with E-state index in [2.05, 4.69) is 10.3 Å². The number of aryl methyl sites for hydroxylation is 1. The monoisotopic (exact) mass is 457 g/mol. The second-order valence-electron chi connectivity index (χ2n) is 8.61. The van der Waals surface area contributed by atoms with E-state index in [9.17, 15) is 18.8 Å². The van der Waals surface area contributed by atoms with Gasteiger partial charge in [-0.25, -0.2) is 9.18 Å². The van der Waals surface area contributed by atoms with E-state index in [4.69, 9.17) is 4.74 Å². The number of rotatable bonds is 7. The maximum Gasteiger partial charge on any atom is 0.340 e. The summed E-state index contributed by atoms with van der Waals surface area (Å²) in [5.41, 5.74) is 2.76. The van der Waals surface area contributed by atoms with Crippen LogP contribution in [0.2, 0.25) is 0 Å². The number of nitrogens with zero attached hydrogens (tertiary/aromatic N) is 1. The number of benzene rings is 1. The molecule has 1 aromatic carbocycles. The largest absolute Gasteiger partial charge is 0.462 e. The lowest BCUT2D eigenvalue weighted by molar-refractivity contribution is -0.126. The number of likely N-dealkylation sites (tertiary alicyclic amines) is 1. The minimum absolute atomic E-state index is 0.0704. The molecule has 0 spiro atoms. The predicted molar refractivity (Wildman–Crippen MR) is 122 cm³/mol. The number of aromatic nitrogens is 1. The molecule has 1 fully saturated rings. The van der Waals surface area contributed by atoms with Gasteiger partial charge in [-0.15, -0.1) is 0 Å². The highest BCUT2D eigenvalue weighted by molar-refractivity contribution is 6.00. The number of hydrogen-bond acceptors (Lipinski definition) is 4. The number of esters is 1. The Morgan fingerprint density at radius 2 is 1.94 bits per heavy atom. The molecule has 7 nitrogen and oxygen atoms in total. The number of hydrogen-bond donors (Lipinski definition) is 2. The van der Waals surface area contributed by atoms with Crippen LogP contribution in [0.4, 0.5) is 4.39 Å². The normalized spacial score (nSPS) is 15.2. The molecule has 178 valence electrons. The third kappa shape index (κ3) is 5.61. The minimum Gasteiger partial charge on any atom is -0.462 e. The standard InChI is InChI=1S/C25H32FN3O4/c1-5-33-25(32)21-16(3)22(28-17(21)4)24(31)29-11-9-19(10-12-29)15(2)23(30)27-14-18-7-6-8-20(26)13-18/h6-8,13,15,19,28H,5,9-12,14H2,1-4H3,(H,27,30)/t15-/m0/s1. The fraction of sp³-hybridized carbons (Fsp3) is 0.480. The lowest BCUT2D eigenvalue weighted by Crippen LogP contribution is -2.42. The van der Waals surface area contributed by atoms with Crippen LogP contribution in [0.5, 0.6) is 0 Å². The van der Waals surface area contributed by atoms with E-state index < -0.39 is 5.97 Å². The fourth-order valence-corrected chi connectivity index (χ4v) is 4.45. The molecular weight excluding hydrogens is 425 g/mol. The van der Waals surface area contributed by atoms with Crippen LogP contribution < -0.4 is 5.32 Å². The van der Waals surface area contributed by atoms with Crippen molar-refractivity contribution in [1.82, 2.24) is 15.2 Å². The molecule has 0 saturated carbocycles. The Kier molecular flexibility index (Phi) is 7.89. The molecule has 2 N–H and O–H groups in total. The van der Waals surface area contributed by atoms with Gasteiger partial charge in [-0.2, -0.15) is 0 Å². The van der Waals surface area contributed by atoms with Crippen molar-refractivity contribution in [2.75, 3.05) is 19.7 Å². The summed E-state index contributed by atoms with van der Waals surface area (Å²) >= 11 is 0. The molecule has 1 aromatic heterocycles. The van der Waals surface area contributed by atoms with Gasteiger partial charge in [0, 0.05) is 31.2 Å². The second-order valence-corrected chi connectivity index (χ2v) is 8.61. The molecule has 1 atom stereocenters. The van der Waals surface area contributed by atoms with Crippen LogP contribution in [0.25, 0.3) is 0 Å². The number of halogens is 1. The average Bonchev–Trinajstić information content (AvgIpc) is 3.10. The molecule has 1 aliphatic rings. The Hall–Kier alpha value is -3.16. The van der Waals surface area contributed by atoms with Crippen molar-refractivity contribution in [3.63, 3.8) is 0 Å². The van der Waals surface area contributed by atoms with Crippen LogP contribution in [0.3, 0.4) is 0 Å². The third-order valence-electron chi connectivity index (χ3n) is 6.43. The first-order valence-electron chi connectivity index (χ1n) is 11.4. The molecule has 2 aromatic rings. The second kappa shape index (κ2) is 10.6. The molecular formula is C25H32FN3O4. The van der Waals surface area contributed by atoms with E-state index in [0.717, 1.165) is 5.56 Å². The van der Waals surface area contributed by atoms with Crippen LogP contribution in [-0.2, 0) is 16.1 Å². The highest BCUT2D eigenvalue weighted by atomic mass is 19.1. The van der Waals surface area contributed by atoms with E-state index >= 15 is 0 Å². The summed E-state index contributed by atoms with van der Waals surface area (Å²) < 4.78 is 18.4. The Balaban J connectivity index is 1.56.